The number of hydrogen-bond acceptors (Lipinski definition) is 4. The van der Waals surface area contributed by atoms with Crippen LogP contribution in [0.3, 0.4) is 0 Å². The Balaban J connectivity index is 2.05. The third-order valence-corrected chi connectivity index (χ3v) is 7.85. The van der Waals surface area contributed by atoms with Gasteiger partial charge in [-0.3, -0.25) is 13.9 Å². The Labute approximate surface area is 218 Å². The third kappa shape index (κ3) is 6.74. The van der Waals surface area contributed by atoms with Crippen LogP contribution in [0.2, 0.25) is 0 Å². The average Bonchev–Trinajstić information content (AvgIpc) is 2.89. The van der Waals surface area contributed by atoms with Gasteiger partial charge in [0.1, 0.15) is 18.4 Å². The maximum atomic E-state index is 13.9. The quantitative estimate of drug-likeness (QED) is 0.405. The molecule has 196 valence electrons. The minimum atomic E-state index is -4.18. The first-order valence-electron chi connectivity index (χ1n) is 12.1. The number of nitrogens with one attached hydrogen (secondary N) is 1. The van der Waals surface area contributed by atoms with Gasteiger partial charge in [0.25, 0.3) is 10.0 Å². The van der Waals surface area contributed by atoms with E-state index < -0.39 is 34.3 Å². The second-order valence-electron chi connectivity index (χ2n) is 8.57. The molecule has 37 heavy (non-hydrogen) atoms. The number of aryl methyl sites for hydroxylation is 1. The highest BCUT2D eigenvalue weighted by Crippen LogP contribution is 2.25. The van der Waals surface area contributed by atoms with Gasteiger partial charge in [0, 0.05) is 13.1 Å². The lowest BCUT2D eigenvalue weighted by atomic mass is 10.1. The number of benzene rings is 3. The molecule has 3 aromatic carbocycles. The van der Waals surface area contributed by atoms with E-state index in [1.807, 2.05) is 31.2 Å². The molecule has 0 fully saturated rings. The number of halogens is 1. The molecule has 0 spiro atoms. The van der Waals surface area contributed by atoms with Crippen molar-refractivity contribution in [1.82, 2.24) is 10.2 Å². The van der Waals surface area contributed by atoms with Crippen LogP contribution in [0, 0.1) is 12.7 Å². The topological polar surface area (TPSA) is 86.8 Å². The largest absolute Gasteiger partial charge is 0.355 e. The fourth-order valence-electron chi connectivity index (χ4n) is 4.04. The molecule has 0 saturated heterocycles. The first-order valence-corrected chi connectivity index (χ1v) is 13.6. The minimum absolute atomic E-state index is 0.00616. The maximum Gasteiger partial charge on any atom is 0.264 e. The number of anilines is 1. The predicted octanol–water partition coefficient (Wildman–Crippen LogP) is 4.27. The minimum Gasteiger partial charge on any atom is -0.355 e. The Bertz CT molecular complexity index is 1310. The molecule has 1 atom stereocenters. The molecule has 3 rings (SSSR count). The van der Waals surface area contributed by atoms with Gasteiger partial charge in [0.05, 0.1) is 10.6 Å². The standard InChI is InChI=1S/C28H32FN3O4S/c1-4-26(28(34)30-5-2)31(19-22-12-10-9-11-21(22)3)27(33)20-32(24-17-15-23(29)16-18-24)37(35,36)25-13-7-6-8-14-25/h6-18,26H,4-5,19-20H2,1-3H3,(H,30,34)/t26-/m1/s1. The zero-order valence-electron chi connectivity index (χ0n) is 21.2. The smallest absolute Gasteiger partial charge is 0.264 e. The number of carbonyl (C=O) groups is 2. The maximum absolute atomic E-state index is 13.9. The average molecular weight is 526 g/mol. The lowest BCUT2D eigenvalue weighted by Gasteiger charge is -2.33. The molecule has 0 bridgehead atoms. The molecule has 0 saturated carbocycles. The van der Waals surface area contributed by atoms with E-state index in [9.17, 15) is 22.4 Å². The van der Waals surface area contributed by atoms with Crippen LogP contribution in [0.4, 0.5) is 10.1 Å². The van der Waals surface area contributed by atoms with Crippen LogP contribution >= 0.6 is 0 Å². The van der Waals surface area contributed by atoms with Gasteiger partial charge in [0.2, 0.25) is 11.8 Å². The lowest BCUT2D eigenvalue weighted by molar-refractivity contribution is -0.140. The van der Waals surface area contributed by atoms with Crippen LogP contribution in [0.25, 0.3) is 0 Å². The molecule has 0 radical (unpaired) electrons. The fourth-order valence-corrected chi connectivity index (χ4v) is 5.47. The van der Waals surface area contributed by atoms with Gasteiger partial charge in [-0.2, -0.15) is 0 Å². The van der Waals surface area contributed by atoms with Gasteiger partial charge in [-0.1, -0.05) is 49.4 Å². The van der Waals surface area contributed by atoms with Gasteiger partial charge in [-0.25, -0.2) is 12.8 Å². The summed E-state index contributed by atoms with van der Waals surface area (Å²) >= 11 is 0. The van der Waals surface area contributed by atoms with E-state index in [4.69, 9.17) is 0 Å². The molecule has 1 N–H and O–H groups in total. The Morgan fingerprint density at radius 3 is 2.14 bits per heavy atom. The molecule has 3 aromatic rings. The summed E-state index contributed by atoms with van der Waals surface area (Å²) < 4.78 is 41.9. The lowest BCUT2D eigenvalue weighted by Crippen LogP contribution is -2.52. The molecule has 2 amide bonds. The van der Waals surface area contributed by atoms with Crippen molar-refractivity contribution < 1.29 is 22.4 Å². The molecule has 0 unspecified atom stereocenters. The van der Waals surface area contributed by atoms with Crippen molar-refractivity contribution in [3.05, 3.63) is 95.8 Å². The summed E-state index contributed by atoms with van der Waals surface area (Å²) in [6, 6.07) is 19.4. The first-order chi connectivity index (χ1) is 17.7. The van der Waals surface area contributed by atoms with Crippen molar-refractivity contribution in [3.63, 3.8) is 0 Å². The number of nitrogens with zero attached hydrogens (tertiary/aromatic N) is 2. The molecular formula is C28H32FN3O4S. The molecular weight excluding hydrogens is 493 g/mol. The third-order valence-electron chi connectivity index (χ3n) is 6.06. The Kier molecular flexibility index (Phi) is 9.41. The van der Waals surface area contributed by atoms with E-state index in [0.29, 0.717) is 13.0 Å². The van der Waals surface area contributed by atoms with Gasteiger partial charge in [-0.15, -0.1) is 0 Å². The second-order valence-corrected chi connectivity index (χ2v) is 10.4. The second kappa shape index (κ2) is 12.5. The van der Waals surface area contributed by atoms with Crippen molar-refractivity contribution in [2.45, 2.75) is 44.7 Å². The van der Waals surface area contributed by atoms with Crippen LogP contribution in [0.5, 0.6) is 0 Å². The number of rotatable bonds is 11. The summed E-state index contributed by atoms with van der Waals surface area (Å²) in [4.78, 5) is 28.2. The van der Waals surface area contributed by atoms with Crippen molar-refractivity contribution in [2.75, 3.05) is 17.4 Å². The number of hydrogen-bond donors (Lipinski definition) is 1. The normalized spacial score (nSPS) is 12.0. The number of sulfonamides is 1. The van der Waals surface area contributed by atoms with Crippen molar-refractivity contribution in [2.24, 2.45) is 0 Å². The Hall–Kier alpha value is -3.72. The summed E-state index contributed by atoms with van der Waals surface area (Å²) in [6.07, 6.45) is 0.339. The number of likely N-dealkylation sites (N-methyl/N-ethyl adjacent to an activating group) is 1. The molecule has 9 heteroatoms. The molecule has 0 heterocycles. The van der Waals surface area contributed by atoms with Gasteiger partial charge >= 0.3 is 0 Å². The monoisotopic (exact) mass is 525 g/mol. The van der Waals surface area contributed by atoms with E-state index in [1.165, 1.54) is 29.2 Å². The summed E-state index contributed by atoms with van der Waals surface area (Å²) in [5, 5.41) is 2.77. The highest BCUT2D eigenvalue weighted by atomic mass is 32.2. The van der Waals surface area contributed by atoms with Gasteiger partial charge in [0.15, 0.2) is 0 Å². The van der Waals surface area contributed by atoms with Crippen LogP contribution in [-0.4, -0.2) is 44.3 Å². The SMILES string of the molecule is CCNC(=O)[C@@H](CC)N(Cc1ccccc1C)C(=O)CN(c1ccc(F)cc1)S(=O)(=O)c1ccccc1. The molecule has 0 aliphatic rings. The van der Waals surface area contributed by atoms with E-state index in [2.05, 4.69) is 5.32 Å². The van der Waals surface area contributed by atoms with Crippen molar-refractivity contribution in [1.29, 1.82) is 0 Å². The summed E-state index contributed by atoms with van der Waals surface area (Å²) in [7, 11) is -4.18. The van der Waals surface area contributed by atoms with E-state index in [0.717, 1.165) is 27.6 Å². The van der Waals surface area contributed by atoms with E-state index in [-0.39, 0.29) is 23.0 Å². The fraction of sp³-hybridized carbons (Fsp3) is 0.286. The zero-order valence-corrected chi connectivity index (χ0v) is 22.0. The van der Waals surface area contributed by atoms with Gasteiger partial charge < -0.3 is 10.2 Å². The Morgan fingerprint density at radius 1 is 0.919 bits per heavy atom. The van der Waals surface area contributed by atoms with Crippen molar-refractivity contribution >= 4 is 27.5 Å². The van der Waals surface area contributed by atoms with Crippen LogP contribution < -0.4 is 9.62 Å². The molecule has 7 nitrogen and oxygen atoms in total. The summed E-state index contributed by atoms with van der Waals surface area (Å²) in [5.41, 5.74) is 1.93. The first kappa shape index (κ1) is 27.9. The molecule has 0 aromatic heterocycles. The highest BCUT2D eigenvalue weighted by Gasteiger charge is 2.33. The van der Waals surface area contributed by atoms with Crippen LogP contribution in [0.15, 0.2) is 83.8 Å². The predicted molar refractivity (Wildman–Crippen MR) is 142 cm³/mol. The highest BCUT2D eigenvalue weighted by molar-refractivity contribution is 7.92. The van der Waals surface area contributed by atoms with E-state index in [1.54, 1.807) is 32.0 Å². The van der Waals surface area contributed by atoms with Gasteiger partial charge in [-0.05, 0) is 67.8 Å². The van der Waals surface area contributed by atoms with Crippen LogP contribution in [0.1, 0.15) is 31.4 Å². The molecule has 0 aliphatic heterocycles. The zero-order chi connectivity index (χ0) is 27.0. The summed E-state index contributed by atoms with van der Waals surface area (Å²) in [6.45, 7) is 5.47. The van der Waals surface area contributed by atoms with Crippen LogP contribution in [-0.2, 0) is 26.2 Å². The van der Waals surface area contributed by atoms with Crippen molar-refractivity contribution in [3.8, 4) is 0 Å². The number of amides is 2. The molecule has 0 aliphatic carbocycles. The summed E-state index contributed by atoms with van der Waals surface area (Å²) in [5.74, 6) is -1.40. The van der Waals surface area contributed by atoms with E-state index >= 15 is 0 Å². The Morgan fingerprint density at radius 2 is 1.54 bits per heavy atom. The number of carbonyl (C=O) groups excluding carboxylic acids is 2.